The normalized spacial score (nSPS) is 30.8. The van der Waals surface area contributed by atoms with Crippen molar-refractivity contribution in [3.63, 3.8) is 0 Å². The smallest absolute Gasteiger partial charge is 0.306 e. The molecule has 39 heavy (non-hydrogen) atoms. The topological polar surface area (TPSA) is 106 Å². The van der Waals surface area contributed by atoms with Crippen LogP contribution in [-0.2, 0) is 23.9 Å². The third-order valence-corrected chi connectivity index (χ3v) is 9.89. The van der Waals surface area contributed by atoms with Gasteiger partial charge >= 0.3 is 11.9 Å². The number of carbonyl (C=O) groups is 3. The summed E-state index contributed by atoms with van der Waals surface area (Å²) in [5.41, 5.74) is 1.05. The van der Waals surface area contributed by atoms with Crippen LogP contribution in [-0.4, -0.2) is 76.4 Å². The van der Waals surface area contributed by atoms with E-state index in [1.165, 1.54) is 6.92 Å². The Hall–Kier alpha value is -1.75. The van der Waals surface area contributed by atoms with Crippen molar-refractivity contribution in [3.8, 4) is 0 Å². The molecule has 1 N–H and O–H groups in total. The zero-order valence-corrected chi connectivity index (χ0v) is 25.7. The van der Waals surface area contributed by atoms with Crippen molar-refractivity contribution >= 4 is 46.9 Å². The van der Waals surface area contributed by atoms with Gasteiger partial charge < -0.3 is 14.6 Å². The molecule has 3 rings (SSSR count). The number of fused-ring (bicyclic) bond motifs is 1. The summed E-state index contributed by atoms with van der Waals surface area (Å²) >= 11 is 3.19. The van der Waals surface area contributed by atoms with Crippen LogP contribution in [0.15, 0.2) is 15.3 Å². The lowest BCUT2D eigenvalue weighted by Crippen LogP contribution is -2.36. The zero-order valence-electron chi connectivity index (χ0n) is 24.1. The van der Waals surface area contributed by atoms with E-state index in [2.05, 4.69) is 9.88 Å². The number of ketones is 1. The van der Waals surface area contributed by atoms with Crippen LogP contribution >= 0.6 is 23.1 Å². The Morgan fingerprint density at radius 3 is 2.67 bits per heavy atom. The van der Waals surface area contributed by atoms with Gasteiger partial charge in [0.1, 0.15) is 22.8 Å². The highest BCUT2D eigenvalue weighted by molar-refractivity contribution is 8.00. The van der Waals surface area contributed by atoms with E-state index >= 15 is 0 Å². The minimum atomic E-state index is -0.735. The molecule has 2 aliphatic rings. The third-order valence-electron chi connectivity index (χ3n) is 8.01. The summed E-state index contributed by atoms with van der Waals surface area (Å²) in [4.78, 5) is 44.5. The van der Waals surface area contributed by atoms with Gasteiger partial charge in [-0.3, -0.25) is 19.3 Å². The van der Waals surface area contributed by atoms with Crippen LogP contribution in [0.2, 0.25) is 0 Å². The highest BCUT2D eigenvalue weighted by Gasteiger charge is 2.48. The number of aliphatic hydroxyl groups excluding tert-OH is 1. The fourth-order valence-electron chi connectivity index (χ4n) is 5.47. The minimum Gasteiger partial charge on any atom is -0.465 e. The molecule has 8 nitrogen and oxygen atoms in total. The number of aliphatic hydroxyl groups is 1. The highest BCUT2D eigenvalue weighted by Crippen LogP contribution is 2.38. The summed E-state index contributed by atoms with van der Waals surface area (Å²) in [6.07, 6.45) is 7.25. The van der Waals surface area contributed by atoms with Gasteiger partial charge in [0.05, 0.1) is 11.8 Å². The van der Waals surface area contributed by atoms with Gasteiger partial charge in [-0.1, -0.05) is 45.4 Å². The first-order chi connectivity index (χ1) is 18.4. The molecule has 2 fully saturated rings. The SMILES string of the molecule is CSc1nc(/C=C(\C)C2CC3C(CCCCC(O)[C@@H](C)C(=O)C(C)(C)CCC(=O)O2)N3CCOC(C)=O)cs1. The monoisotopic (exact) mass is 580 g/mol. The molecule has 2 saturated heterocycles. The average Bonchev–Trinajstić information content (AvgIpc) is 3.30. The van der Waals surface area contributed by atoms with Crippen molar-refractivity contribution in [2.45, 2.75) is 108 Å². The van der Waals surface area contributed by atoms with Crippen molar-refractivity contribution in [1.82, 2.24) is 9.88 Å². The zero-order chi connectivity index (χ0) is 28.7. The second kappa shape index (κ2) is 14.2. The molecular formula is C29H44N2O6S2. The quantitative estimate of drug-likeness (QED) is 0.278. The number of hydrogen-bond acceptors (Lipinski definition) is 10. The summed E-state index contributed by atoms with van der Waals surface area (Å²) in [6, 6.07) is 0.494. The molecule has 2 aliphatic heterocycles. The number of aromatic nitrogens is 1. The number of rotatable bonds is 6. The molecule has 0 bridgehead atoms. The molecule has 0 radical (unpaired) electrons. The van der Waals surface area contributed by atoms with E-state index in [4.69, 9.17) is 9.47 Å². The molecule has 0 amide bonds. The lowest BCUT2D eigenvalue weighted by atomic mass is 9.76. The maximum Gasteiger partial charge on any atom is 0.306 e. The second-order valence-electron chi connectivity index (χ2n) is 11.4. The fourth-order valence-corrected chi connectivity index (χ4v) is 6.70. The van der Waals surface area contributed by atoms with Crippen LogP contribution in [0.4, 0.5) is 0 Å². The number of esters is 2. The van der Waals surface area contributed by atoms with Gasteiger partial charge in [0.15, 0.2) is 0 Å². The molecule has 5 unspecified atom stereocenters. The van der Waals surface area contributed by atoms with Crippen LogP contribution in [0.5, 0.6) is 0 Å². The van der Waals surface area contributed by atoms with Crippen molar-refractivity contribution < 1.29 is 29.0 Å². The predicted octanol–water partition coefficient (Wildman–Crippen LogP) is 5.13. The van der Waals surface area contributed by atoms with Gasteiger partial charge in [-0.15, -0.1) is 11.3 Å². The lowest BCUT2D eigenvalue weighted by Gasteiger charge is -2.29. The summed E-state index contributed by atoms with van der Waals surface area (Å²) in [7, 11) is 0. The van der Waals surface area contributed by atoms with Gasteiger partial charge in [-0.05, 0) is 44.1 Å². The molecule has 0 spiro atoms. The highest BCUT2D eigenvalue weighted by atomic mass is 32.2. The lowest BCUT2D eigenvalue weighted by molar-refractivity contribution is -0.149. The molecule has 1 aromatic heterocycles. The van der Waals surface area contributed by atoms with Crippen LogP contribution in [0.1, 0.15) is 85.3 Å². The van der Waals surface area contributed by atoms with Crippen molar-refractivity contribution in [3.05, 3.63) is 16.6 Å². The van der Waals surface area contributed by atoms with Crippen LogP contribution < -0.4 is 0 Å². The van der Waals surface area contributed by atoms with E-state index in [-0.39, 0.29) is 30.2 Å². The van der Waals surface area contributed by atoms with Crippen LogP contribution in [0, 0.1) is 11.3 Å². The Balaban J connectivity index is 1.82. The molecule has 0 saturated carbocycles. The molecule has 3 heterocycles. The van der Waals surface area contributed by atoms with E-state index in [1.54, 1.807) is 30.0 Å². The van der Waals surface area contributed by atoms with E-state index < -0.39 is 23.5 Å². The Morgan fingerprint density at radius 1 is 1.28 bits per heavy atom. The van der Waals surface area contributed by atoms with Crippen molar-refractivity contribution in [2.75, 3.05) is 19.4 Å². The fraction of sp³-hybridized carbons (Fsp3) is 0.724. The number of hydrogen-bond donors (Lipinski definition) is 1. The van der Waals surface area contributed by atoms with Crippen LogP contribution in [0.3, 0.4) is 0 Å². The van der Waals surface area contributed by atoms with Gasteiger partial charge in [-0.2, -0.15) is 0 Å². The molecule has 10 heteroatoms. The van der Waals surface area contributed by atoms with E-state index in [0.29, 0.717) is 38.5 Å². The van der Waals surface area contributed by atoms with Gasteiger partial charge in [0.2, 0.25) is 0 Å². The van der Waals surface area contributed by atoms with Gasteiger partial charge in [0.25, 0.3) is 0 Å². The van der Waals surface area contributed by atoms with Gasteiger partial charge in [-0.25, -0.2) is 4.98 Å². The molecule has 0 aromatic carbocycles. The Labute approximate surface area is 240 Å². The number of nitrogens with zero attached hydrogens (tertiary/aromatic N) is 2. The second-order valence-corrected chi connectivity index (χ2v) is 13.4. The number of thiazole rings is 1. The minimum absolute atomic E-state index is 0.0189. The number of Topliss-reactive ketones (excluding diaryl/α,β-unsaturated/α-hetero) is 1. The predicted molar refractivity (Wildman–Crippen MR) is 155 cm³/mol. The maximum atomic E-state index is 13.2. The van der Waals surface area contributed by atoms with Crippen molar-refractivity contribution in [2.24, 2.45) is 11.3 Å². The third kappa shape index (κ3) is 9.13. The van der Waals surface area contributed by atoms with E-state index in [1.807, 2.05) is 38.5 Å². The van der Waals surface area contributed by atoms with Gasteiger partial charge in [0, 0.05) is 55.1 Å². The molecule has 218 valence electrons. The first kappa shape index (κ1) is 31.8. The first-order valence-electron chi connectivity index (χ1n) is 13.9. The molecular weight excluding hydrogens is 536 g/mol. The summed E-state index contributed by atoms with van der Waals surface area (Å²) in [6.45, 7) is 9.82. The number of ether oxygens (including phenoxy) is 2. The maximum absolute atomic E-state index is 13.2. The largest absolute Gasteiger partial charge is 0.465 e. The first-order valence-corrected chi connectivity index (χ1v) is 16.0. The van der Waals surface area contributed by atoms with Crippen molar-refractivity contribution in [1.29, 1.82) is 0 Å². The Bertz CT molecular complexity index is 1040. The standard InChI is InChI=1S/C29H44N2O6S2/c1-18(15-21-17-39-28(30-21)38-6)25-16-23-22(31(23)13-14-36-20(3)32)9-7-8-10-24(33)19(2)27(35)29(4,5)12-11-26(34)37-25/h15,17,19,22-25,33H,7-14,16H2,1-6H3/b18-15+/t19-,22?,23?,24?,25?,31?/m1/s1. The molecule has 0 aliphatic carbocycles. The summed E-state index contributed by atoms with van der Waals surface area (Å²) < 4.78 is 12.3. The number of thioether (sulfide) groups is 1. The summed E-state index contributed by atoms with van der Waals surface area (Å²) in [5.74, 6) is -1.13. The van der Waals surface area contributed by atoms with E-state index in [9.17, 15) is 19.5 Å². The van der Waals surface area contributed by atoms with E-state index in [0.717, 1.165) is 34.9 Å². The molecule has 6 atom stereocenters. The number of carbonyl (C=O) groups excluding carboxylic acids is 3. The summed E-state index contributed by atoms with van der Waals surface area (Å²) in [5, 5.41) is 12.7. The molecule has 1 aromatic rings. The number of cyclic esters (lactones) is 1. The Morgan fingerprint density at radius 2 is 2.00 bits per heavy atom. The van der Waals surface area contributed by atoms with Crippen LogP contribution in [0.25, 0.3) is 6.08 Å². The Kier molecular flexibility index (Phi) is 11.6. The average molecular weight is 581 g/mol.